The second-order valence-corrected chi connectivity index (χ2v) is 3.40. The van der Waals surface area contributed by atoms with Crippen molar-refractivity contribution in [1.29, 1.82) is 5.26 Å². The van der Waals surface area contributed by atoms with Gasteiger partial charge in [0.1, 0.15) is 0 Å². The average molecular weight is 251 g/mol. The first-order valence-corrected chi connectivity index (χ1v) is 4.64. The molecule has 4 heteroatoms. The zero-order valence-corrected chi connectivity index (χ0v) is 8.78. The molecule has 0 fully saturated rings. The molecule has 0 unspecified atom stereocenters. The Labute approximate surface area is 90.2 Å². The van der Waals surface area contributed by atoms with Crippen molar-refractivity contribution in [2.45, 2.75) is 0 Å². The number of hydrogen-bond donors (Lipinski definition) is 1. The van der Waals surface area contributed by atoms with E-state index >= 15 is 0 Å². The second-order valence-electron chi connectivity index (χ2n) is 2.49. The summed E-state index contributed by atoms with van der Waals surface area (Å²) in [5.41, 5.74) is 0.904. The normalized spacial score (nSPS) is 9.71. The smallest absolute Gasteiger partial charge is 0.256 e. The third kappa shape index (κ3) is 3.42. The Kier molecular flexibility index (Phi) is 3.89. The van der Waals surface area contributed by atoms with Crippen LogP contribution in [-0.2, 0) is 4.79 Å². The van der Waals surface area contributed by atoms with Crippen LogP contribution in [0.5, 0.6) is 0 Å². The lowest BCUT2D eigenvalue weighted by Gasteiger charge is -1.92. The maximum atomic E-state index is 10.9. The maximum Gasteiger partial charge on any atom is 0.256 e. The Bertz CT molecular complexity index is 390. The van der Waals surface area contributed by atoms with Gasteiger partial charge in [-0.1, -0.05) is 28.1 Å². The molecule has 70 valence electrons. The maximum absolute atomic E-state index is 10.9. The van der Waals surface area contributed by atoms with Gasteiger partial charge in [-0.25, -0.2) is 0 Å². The van der Waals surface area contributed by atoms with E-state index in [1.54, 1.807) is 12.3 Å². The van der Waals surface area contributed by atoms with Gasteiger partial charge in [0, 0.05) is 10.5 Å². The van der Waals surface area contributed by atoms with Crippen LogP contribution in [0.1, 0.15) is 5.56 Å². The van der Waals surface area contributed by atoms with Crippen LogP contribution in [0.3, 0.4) is 0 Å². The Morgan fingerprint density at radius 1 is 1.43 bits per heavy atom. The van der Waals surface area contributed by atoms with E-state index in [4.69, 9.17) is 5.26 Å². The van der Waals surface area contributed by atoms with Crippen molar-refractivity contribution in [2.75, 3.05) is 0 Å². The monoisotopic (exact) mass is 250 g/mol. The number of rotatable bonds is 2. The van der Waals surface area contributed by atoms with E-state index < -0.39 is 5.91 Å². The van der Waals surface area contributed by atoms with Crippen LogP contribution in [0, 0.1) is 11.5 Å². The first-order chi connectivity index (χ1) is 6.72. The number of nitriles is 1. The van der Waals surface area contributed by atoms with Crippen molar-refractivity contribution in [2.24, 2.45) is 0 Å². The second kappa shape index (κ2) is 5.20. The summed E-state index contributed by atoms with van der Waals surface area (Å²) in [6.07, 6.45) is 4.50. The Balaban J connectivity index is 2.65. The first-order valence-electron chi connectivity index (χ1n) is 3.85. The summed E-state index contributed by atoms with van der Waals surface area (Å²) in [5.74, 6) is -0.421. The summed E-state index contributed by atoms with van der Waals surface area (Å²) in [6, 6.07) is 7.48. The number of halogens is 1. The van der Waals surface area contributed by atoms with Gasteiger partial charge in [0.05, 0.1) is 0 Å². The molecule has 3 nitrogen and oxygen atoms in total. The van der Waals surface area contributed by atoms with Gasteiger partial charge in [0.25, 0.3) is 5.91 Å². The molecule has 0 aliphatic heterocycles. The minimum Gasteiger partial charge on any atom is -0.269 e. The largest absolute Gasteiger partial charge is 0.269 e. The summed E-state index contributed by atoms with van der Waals surface area (Å²) >= 11 is 3.30. The Hall–Kier alpha value is -1.60. The van der Waals surface area contributed by atoms with Crippen LogP contribution in [0.15, 0.2) is 34.8 Å². The van der Waals surface area contributed by atoms with E-state index in [2.05, 4.69) is 15.9 Å². The number of benzene rings is 1. The third-order valence-corrected chi connectivity index (χ3v) is 2.00. The molecule has 0 atom stereocenters. The summed E-state index contributed by atoms with van der Waals surface area (Å²) in [7, 11) is 0. The predicted octanol–water partition coefficient (Wildman–Crippen LogP) is 2.06. The molecule has 0 spiro atoms. The zero-order chi connectivity index (χ0) is 10.4. The van der Waals surface area contributed by atoms with E-state index in [0.29, 0.717) is 0 Å². The third-order valence-electron chi connectivity index (χ3n) is 1.48. The molecular formula is C10H7BrN2O. The fourth-order valence-corrected chi connectivity index (χ4v) is 1.11. The van der Waals surface area contributed by atoms with Crippen LogP contribution in [0.2, 0.25) is 0 Å². The predicted molar refractivity (Wildman–Crippen MR) is 56.9 cm³/mol. The highest BCUT2D eigenvalue weighted by atomic mass is 79.9. The van der Waals surface area contributed by atoms with Gasteiger partial charge in [0.2, 0.25) is 0 Å². The highest BCUT2D eigenvalue weighted by molar-refractivity contribution is 9.10. The lowest BCUT2D eigenvalue weighted by atomic mass is 10.2. The molecule has 0 saturated carbocycles. The molecule has 1 amide bonds. The molecule has 1 aromatic rings. The molecule has 0 aliphatic carbocycles. The molecular weight excluding hydrogens is 244 g/mol. The Morgan fingerprint density at radius 3 is 2.64 bits per heavy atom. The number of amides is 1. The lowest BCUT2D eigenvalue weighted by Crippen LogP contribution is -2.13. The van der Waals surface area contributed by atoms with E-state index in [9.17, 15) is 4.79 Å². The highest BCUT2D eigenvalue weighted by Crippen LogP contribution is 2.11. The fraction of sp³-hybridized carbons (Fsp3) is 0. The molecule has 0 heterocycles. The average Bonchev–Trinajstić information content (AvgIpc) is 2.17. The summed E-state index contributed by atoms with van der Waals surface area (Å²) in [4.78, 5) is 10.9. The van der Waals surface area contributed by atoms with E-state index in [0.717, 1.165) is 10.0 Å². The molecule has 0 bridgehead atoms. The van der Waals surface area contributed by atoms with Crippen LogP contribution in [-0.4, -0.2) is 5.91 Å². The van der Waals surface area contributed by atoms with Gasteiger partial charge < -0.3 is 0 Å². The van der Waals surface area contributed by atoms with Crippen molar-refractivity contribution in [1.82, 2.24) is 5.32 Å². The van der Waals surface area contributed by atoms with Crippen LogP contribution < -0.4 is 5.32 Å². The van der Waals surface area contributed by atoms with Crippen molar-refractivity contribution < 1.29 is 4.79 Å². The van der Waals surface area contributed by atoms with E-state index in [-0.39, 0.29) is 0 Å². The molecule has 1 N–H and O–H groups in total. The van der Waals surface area contributed by atoms with Crippen molar-refractivity contribution >= 4 is 27.9 Å². The SMILES string of the molecule is N#CNC(=O)/C=C\c1ccc(Br)cc1. The molecule has 0 aromatic heterocycles. The number of nitrogens with one attached hydrogen (secondary N) is 1. The number of carbonyl (C=O) groups is 1. The van der Waals surface area contributed by atoms with E-state index in [1.165, 1.54) is 6.08 Å². The van der Waals surface area contributed by atoms with Crippen molar-refractivity contribution in [3.63, 3.8) is 0 Å². The topological polar surface area (TPSA) is 52.9 Å². The molecule has 0 aliphatic rings. The standard InChI is InChI=1S/C10H7BrN2O/c11-9-4-1-8(2-5-9)3-6-10(14)13-7-12/h1-6H,(H,13,14)/b6-3-. The van der Waals surface area contributed by atoms with Crippen molar-refractivity contribution in [3.05, 3.63) is 40.4 Å². The number of hydrogen-bond acceptors (Lipinski definition) is 2. The van der Waals surface area contributed by atoms with Crippen LogP contribution in [0.4, 0.5) is 0 Å². The fourth-order valence-electron chi connectivity index (χ4n) is 0.843. The van der Waals surface area contributed by atoms with Gasteiger partial charge in [0.15, 0.2) is 6.19 Å². The lowest BCUT2D eigenvalue weighted by molar-refractivity contribution is -0.115. The molecule has 1 aromatic carbocycles. The van der Waals surface area contributed by atoms with Gasteiger partial charge in [-0.3, -0.25) is 10.1 Å². The van der Waals surface area contributed by atoms with Gasteiger partial charge >= 0.3 is 0 Å². The summed E-state index contributed by atoms with van der Waals surface area (Å²) < 4.78 is 0.983. The summed E-state index contributed by atoms with van der Waals surface area (Å²) in [5, 5.41) is 10.1. The minimum atomic E-state index is -0.421. The first kappa shape index (κ1) is 10.5. The minimum absolute atomic E-state index is 0.421. The van der Waals surface area contributed by atoms with Crippen LogP contribution >= 0.6 is 15.9 Å². The highest BCUT2D eigenvalue weighted by Gasteiger charge is 1.92. The van der Waals surface area contributed by atoms with Gasteiger partial charge in [-0.15, -0.1) is 0 Å². The van der Waals surface area contributed by atoms with Crippen LogP contribution in [0.25, 0.3) is 6.08 Å². The van der Waals surface area contributed by atoms with Gasteiger partial charge in [-0.2, -0.15) is 5.26 Å². The summed E-state index contributed by atoms with van der Waals surface area (Å²) in [6.45, 7) is 0. The number of carbonyl (C=O) groups excluding carboxylic acids is 1. The number of nitrogens with zero attached hydrogens (tertiary/aromatic N) is 1. The molecule has 0 saturated heterocycles. The molecule has 14 heavy (non-hydrogen) atoms. The molecule has 0 radical (unpaired) electrons. The van der Waals surface area contributed by atoms with Crippen molar-refractivity contribution in [3.8, 4) is 6.19 Å². The quantitative estimate of drug-likeness (QED) is 0.497. The van der Waals surface area contributed by atoms with Gasteiger partial charge in [-0.05, 0) is 23.8 Å². The Morgan fingerprint density at radius 2 is 2.07 bits per heavy atom. The molecule has 1 rings (SSSR count). The zero-order valence-electron chi connectivity index (χ0n) is 7.20. The van der Waals surface area contributed by atoms with E-state index in [1.807, 2.05) is 29.6 Å².